The molecule has 1 amide bonds. The zero-order chi connectivity index (χ0) is 19.4. The number of amides is 1. The van der Waals surface area contributed by atoms with Gasteiger partial charge >= 0.3 is 12.1 Å². The van der Waals surface area contributed by atoms with Crippen LogP contribution in [0.3, 0.4) is 0 Å². The van der Waals surface area contributed by atoms with Gasteiger partial charge in [0.1, 0.15) is 11.4 Å². The minimum atomic E-state index is -1.41. The smallest absolute Gasteiger partial charge is 0.408 e. The maximum Gasteiger partial charge on any atom is 0.408 e. The molecule has 2 rings (SSSR count). The molecule has 26 heavy (non-hydrogen) atoms. The molecule has 144 valence electrons. The van der Waals surface area contributed by atoms with Crippen LogP contribution in [-0.2, 0) is 19.9 Å². The van der Waals surface area contributed by atoms with Crippen molar-refractivity contribution in [2.24, 2.45) is 0 Å². The summed E-state index contributed by atoms with van der Waals surface area (Å²) < 4.78 is 16.9. The summed E-state index contributed by atoms with van der Waals surface area (Å²) in [6.45, 7) is 10.1. The van der Waals surface area contributed by atoms with Gasteiger partial charge < -0.3 is 19.5 Å². The van der Waals surface area contributed by atoms with Crippen molar-refractivity contribution in [2.45, 2.75) is 65.0 Å². The molecular formula is C20H29NO5. The first-order chi connectivity index (χ1) is 12.3. The van der Waals surface area contributed by atoms with Crippen molar-refractivity contribution >= 4 is 12.1 Å². The van der Waals surface area contributed by atoms with Crippen molar-refractivity contribution in [1.29, 1.82) is 0 Å². The molecule has 1 aliphatic heterocycles. The van der Waals surface area contributed by atoms with E-state index < -0.39 is 23.2 Å². The van der Waals surface area contributed by atoms with Crippen molar-refractivity contribution in [3.8, 4) is 5.75 Å². The molecule has 0 saturated carbocycles. The Balaban J connectivity index is 2.42. The number of ether oxygens (including phenoxy) is 3. The van der Waals surface area contributed by atoms with E-state index in [4.69, 9.17) is 14.2 Å². The molecule has 1 heterocycles. The highest BCUT2D eigenvalue weighted by atomic mass is 16.6. The fourth-order valence-electron chi connectivity index (χ4n) is 3.07. The molecule has 1 N–H and O–H groups in total. The molecule has 2 unspecified atom stereocenters. The Morgan fingerprint density at radius 2 is 1.92 bits per heavy atom. The minimum absolute atomic E-state index is 0.301. The van der Waals surface area contributed by atoms with Gasteiger partial charge in [-0.15, -0.1) is 0 Å². The predicted molar refractivity (Wildman–Crippen MR) is 98.2 cm³/mol. The molecule has 0 spiro atoms. The molecule has 0 bridgehead atoms. The second-order valence-corrected chi connectivity index (χ2v) is 6.96. The number of unbranched alkanes of at least 4 members (excludes halogenated alkanes) is 1. The lowest BCUT2D eigenvalue weighted by molar-refractivity contribution is -0.167. The van der Waals surface area contributed by atoms with Gasteiger partial charge in [-0.25, -0.2) is 9.59 Å². The summed E-state index contributed by atoms with van der Waals surface area (Å²) in [7, 11) is 0. The van der Waals surface area contributed by atoms with Gasteiger partial charge in [-0.3, -0.25) is 0 Å². The second kappa shape index (κ2) is 8.08. The van der Waals surface area contributed by atoms with Crippen LogP contribution in [0.1, 0.15) is 58.1 Å². The van der Waals surface area contributed by atoms with Crippen LogP contribution < -0.4 is 10.1 Å². The normalized spacial score (nSPS) is 24.6. The third kappa shape index (κ3) is 3.56. The van der Waals surface area contributed by atoms with Crippen LogP contribution in [0.15, 0.2) is 18.2 Å². The Morgan fingerprint density at radius 1 is 1.19 bits per heavy atom. The largest absolute Gasteiger partial charge is 0.450 e. The number of aryl methyl sites for hydroxylation is 1. The zero-order valence-electron chi connectivity index (χ0n) is 16.3. The molecule has 0 aliphatic carbocycles. The van der Waals surface area contributed by atoms with Crippen LogP contribution in [0.4, 0.5) is 4.79 Å². The Kier molecular flexibility index (Phi) is 6.29. The Hall–Kier alpha value is -2.08. The first kappa shape index (κ1) is 20.2. The molecule has 1 aromatic carbocycles. The fraction of sp³-hybridized carbons (Fsp3) is 0.600. The highest BCUT2D eigenvalue weighted by Gasteiger charge is 2.59. The number of rotatable bonds is 7. The summed E-state index contributed by atoms with van der Waals surface area (Å²) >= 11 is 0. The minimum Gasteiger partial charge on any atom is -0.450 e. The van der Waals surface area contributed by atoms with Crippen LogP contribution in [-0.4, -0.2) is 30.8 Å². The van der Waals surface area contributed by atoms with Crippen molar-refractivity contribution in [3.63, 3.8) is 0 Å². The van der Waals surface area contributed by atoms with Crippen LogP contribution in [0, 0.1) is 6.92 Å². The number of hydrogen-bond donors (Lipinski definition) is 1. The van der Waals surface area contributed by atoms with Gasteiger partial charge in [0.15, 0.2) is 5.54 Å². The van der Waals surface area contributed by atoms with Crippen LogP contribution in [0.2, 0.25) is 0 Å². The van der Waals surface area contributed by atoms with Crippen molar-refractivity contribution < 1.29 is 23.8 Å². The molecule has 1 aromatic rings. The SMILES string of the molecule is CCCCOC(=O)NC1(C)C(=O)Oc2c(C)cccc2C1(C)OCCC. The van der Waals surface area contributed by atoms with Crippen molar-refractivity contribution in [2.75, 3.05) is 13.2 Å². The predicted octanol–water partition coefficient (Wildman–Crippen LogP) is 3.84. The lowest BCUT2D eigenvalue weighted by atomic mass is 9.74. The highest BCUT2D eigenvalue weighted by Crippen LogP contribution is 2.47. The number of alkyl carbamates (subject to hydrolysis) is 1. The van der Waals surface area contributed by atoms with Crippen LogP contribution in [0.5, 0.6) is 5.75 Å². The number of esters is 1. The number of carbonyl (C=O) groups excluding carboxylic acids is 2. The Bertz CT molecular complexity index is 674. The Labute approximate surface area is 155 Å². The van der Waals surface area contributed by atoms with Gasteiger partial charge in [0.25, 0.3) is 0 Å². The second-order valence-electron chi connectivity index (χ2n) is 6.96. The third-order valence-electron chi connectivity index (χ3n) is 4.96. The molecule has 2 atom stereocenters. The zero-order valence-corrected chi connectivity index (χ0v) is 16.3. The molecule has 6 nitrogen and oxygen atoms in total. The molecule has 0 fully saturated rings. The molecule has 0 saturated heterocycles. The summed E-state index contributed by atoms with van der Waals surface area (Å²) in [4.78, 5) is 25.2. The van der Waals surface area contributed by atoms with E-state index in [1.165, 1.54) is 0 Å². The maximum absolute atomic E-state index is 12.9. The fourth-order valence-corrected chi connectivity index (χ4v) is 3.07. The first-order valence-electron chi connectivity index (χ1n) is 9.21. The first-order valence-corrected chi connectivity index (χ1v) is 9.21. The average Bonchev–Trinajstić information content (AvgIpc) is 2.60. The van der Waals surface area contributed by atoms with E-state index in [9.17, 15) is 9.59 Å². The molecule has 1 aliphatic rings. The molecule has 6 heteroatoms. The van der Waals surface area contributed by atoms with Gasteiger partial charge in [-0.05, 0) is 39.2 Å². The highest BCUT2D eigenvalue weighted by molar-refractivity contribution is 5.91. The van der Waals surface area contributed by atoms with Gasteiger partial charge in [0.2, 0.25) is 0 Å². The van der Waals surface area contributed by atoms with E-state index in [0.29, 0.717) is 19.0 Å². The third-order valence-corrected chi connectivity index (χ3v) is 4.96. The number of para-hydroxylation sites is 1. The average molecular weight is 363 g/mol. The lowest BCUT2D eigenvalue weighted by Gasteiger charge is -2.48. The van der Waals surface area contributed by atoms with Gasteiger partial charge in [-0.2, -0.15) is 0 Å². The van der Waals surface area contributed by atoms with E-state index in [2.05, 4.69) is 5.32 Å². The Morgan fingerprint density at radius 3 is 2.58 bits per heavy atom. The number of nitrogens with one attached hydrogen (secondary N) is 1. The van der Waals surface area contributed by atoms with Crippen LogP contribution in [0.25, 0.3) is 0 Å². The summed E-state index contributed by atoms with van der Waals surface area (Å²) in [6.07, 6.45) is 1.81. The number of hydrogen-bond acceptors (Lipinski definition) is 5. The van der Waals surface area contributed by atoms with Gasteiger partial charge in [-0.1, -0.05) is 38.5 Å². The standard InChI is InChI=1S/C20H29NO5/c1-6-8-13-24-18(23)21-19(4)17(22)26-16-14(3)10-9-11-15(16)20(19,5)25-12-7-2/h9-11H,6-8,12-13H2,1-5H3,(H,21,23). The topological polar surface area (TPSA) is 73.9 Å². The quantitative estimate of drug-likeness (QED) is 0.453. The van der Waals surface area contributed by atoms with Gasteiger partial charge in [0, 0.05) is 12.2 Å². The summed E-state index contributed by atoms with van der Waals surface area (Å²) in [6, 6.07) is 5.63. The summed E-state index contributed by atoms with van der Waals surface area (Å²) in [5.41, 5.74) is -0.910. The monoisotopic (exact) mass is 363 g/mol. The van der Waals surface area contributed by atoms with E-state index >= 15 is 0 Å². The molecule has 0 radical (unpaired) electrons. The maximum atomic E-state index is 12.9. The van der Waals surface area contributed by atoms with Gasteiger partial charge in [0.05, 0.1) is 6.61 Å². The van der Waals surface area contributed by atoms with E-state index in [0.717, 1.165) is 30.4 Å². The van der Waals surface area contributed by atoms with E-state index in [1.807, 2.05) is 45.9 Å². The summed E-state index contributed by atoms with van der Waals surface area (Å²) in [5, 5.41) is 2.70. The van der Waals surface area contributed by atoms with E-state index in [-0.39, 0.29) is 0 Å². The van der Waals surface area contributed by atoms with Crippen molar-refractivity contribution in [3.05, 3.63) is 29.3 Å². The number of carbonyl (C=O) groups is 2. The molecule has 0 aromatic heterocycles. The lowest BCUT2D eigenvalue weighted by Crippen LogP contribution is -2.68. The number of benzene rings is 1. The summed E-state index contributed by atoms with van der Waals surface area (Å²) in [5.74, 6) is -0.0694. The number of fused-ring (bicyclic) bond motifs is 1. The van der Waals surface area contributed by atoms with Crippen LogP contribution >= 0.6 is 0 Å². The van der Waals surface area contributed by atoms with E-state index in [1.54, 1.807) is 6.92 Å². The van der Waals surface area contributed by atoms with Crippen molar-refractivity contribution in [1.82, 2.24) is 5.32 Å². The molecular weight excluding hydrogens is 334 g/mol.